The van der Waals surface area contributed by atoms with Crippen LogP contribution in [-0.4, -0.2) is 48.3 Å². The third-order valence-electron chi connectivity index (χ3n) is 8.14. The number of thioether (sulfide) groups is 2. The fourth-order valence-corrected chi connectivity index (χ4v) is 21.8. The van der Waals surface area contributed by atoms with Crippen molar-refractivity contribution in [3.63, 3.8) is 0 Å². The van der Waals surface area contributed by atoms with E-state index in [0.29, 0.717) is 10.8 Å². The molecule has 0 saturated carbocycles. The van der Waals surface area contributed by atoms with Gasteiger partial charge in [-0.1, -0.05) is 0 Å². The van der Waals surface area contributed by atoms with Crippen LogP contribution < -0.4 is 5.79 Å². The molecule has 0 aliphatic rings. The SMILES string of the molecule is CCC(CSc1c2c[c]([Sn]([CH3])([CH3])[CH3])sc2c(SCC(CC)C(C)(C)C)c2c[c]([Sn]([CH3])([CH3])[CH3])sc12)C(C)(C)C. The number of benzene rings is 1. The predicted octanol–water partition coefficient (Wildman–Crippen LogP) is 11.5. The fraction of sp³-hybridized carbons (Fsp3) is 0.688. The molecule has 2 unspecified atom stereocenters. The quantitative estimate of drug-likeness (QED) is 0.148. The zero-order chi connectivity index (χ0) is 28.8. The number of thiophene rings is 2. The zero-order valence-electron chi connectivity index (χ0n) is 26.8. The second-order valence-corrected chi connectivity index (χ2v) is 50.4. The second kappa shape index (κ2) is 12.6. The zero-order valence-corrected chi connectivity index (χ0v) is 35.7. The standard InChI is InChI=1S/C26H36S4.6CH3.2Sn/c1-9-17(25(3,4)5)15-29-23-19-11-13-28-22(19)24(20-12-14-27-21(20)23)30-16-18(10-2)26(6,7)8;;;;;;;;/h11-12,17-18H,9-10,15-16H2,1-8H3;6*1H3;;. The molecule has 0 N–H and O–H groups in total. The summed E-state index contributed by atoms with van der Waals surface area (Å²) in [7, 11) is 0. The van der Waals surface area contributed by atoms with E-state index in [1.54, 1.807) is 35.7 Å². The van der Waals surface area contributed by atoms with Crippen LogP contribution in [0.25, 0.3) is 20.2 Å². The van der Waals surface area contributed by atoms with Gasteiger partial charge in [0.2, 0.25) is 0 Å². The molecular weight excluding hydrogens is 750 g/mol. The van der Waals surface area contributed by atoms with Gasteiger partial charge in [-0.05, 0) is 0 Å². The van der Waals surface area contributed by atoms with Crippen LogP contribution in [0.2, 0.25) is 29.6 Å². The van der Waals surface area contributed by atoms with Crippen molar-refractivity contribution < 1.29 is 0 Å². The van der Waals surface area contributed by atoms with Crippen molar-refractivity contribution in [2.45, 2.75) is 108 Å². The van der Waals surface area contributed by atoms with Crippen molar-refractivity contribution in [2.75, 3.05) is 11.5 Å². The number of hydrogen-bond donors (Lipinski definition) is 0. The predicted molar refractivity (Wildman–Crippen MR) is 191 cm³/mol. The molecule has 0 fully saturated rings. The monoisotopic (exact) mass is 806 g/mol. The van der Waals surface area contributed by atoms with Crippen LogP contribution >= 0.6 is 46.2 Å². The van der Waals surface area contributed by atoms with Crippen molar-refractivity contribution in [1.82, 2.24) is 0 Å². The van der Waals surface area contributed by atoms with Crippen molar-refractivity contribution in [2.24, 2.45) is 22.7 Å². The topological polar surface area (TPSA) is 0 Å². The Morgan fingerprint density at radius 3 is 1.18 bits per heavy atom. The van der Waals surface area contributed by atoms with Crippen LogP contribution in [0, 0.1) is 22.7 Å². The molecule has 0 amide bonds. The average molecular weight is 804 g/mol. The molecule has 3 rings (SSSR count). The van der Waals surface area contributed by atoms with E-state index in [-0.39, 0.29) is 0 Å². The summed E-state index contributed by atoms with van der Waals surface area (Å²) in [6.45, 7) is 19.4. The van der Waals surface area contributed by atoms with E-state index < -0.39 is 36.8 Å². The van der Waals surface area contributed by atoms with E-state index in [1.165, 1.54) is 24.3 Å². The maximum atomic E-state index is 2.67. The molecule has 0 spiro atoms. The maximum absolute atomic E-state index is 2.67. The number of fused-ring (bicyclic) bond motifs is 2. The van der Waals surface area contributed by atoms with Crippen LogP contribution in [0.5, 0.6) is 0 Å². The van der Waals surface area contributed by atoms with Crippen LogP contribution in [-0.2, 0) is 0 Å². The molecule has 2 atom stereocenters. The Balaban J connectivity index is 2.29. The molecule has 0 bridgehead atoms. The Kier molecular flexibility index (Phi) is 11.2. The van der Waals surface area contributed by atoms with Crippen LogP contribution in [0.1, 0.15) is 68.2 Å². The molecule has 6 heteroatoms. The first-order valence-corrected chi connectivity index (χ1v) is 38.2. The van der Waals surface area contributed by atoms with Crippen molar-refractivity contribution >= 4 is 109 Å². The molecule has 0 saturated heterocycles. The molecule has 2 heterocycles. The summed E-state index contributed by atoms with van der Waals surface area (Å²) in [4.78, 5) is 18.8. The Labute approximate surface area is 260 Å². The summed E-state index contributed by atoms with van der Waals surface area (Å²) in [5.74, 6) is 3.89. The van der Waals surface area contributed by atoms with Gasteiger partial charge in [0.1, 0.15) is 0 Å². The molecule has 214 valence electrons. The molecule has 2 aromatic heterocycles. The molecule has 0 nitrogen and oxygen atoms in total. The van der Waals surface area contributed by atoms with Gasteiger partial charge in [-0.2, -0.15) is 0 Å². The third-order valence-corrected chi connectivity index (χ3v) is 32.1. The Morgan fingerprint density at radius 2 is 0.947 bits per heavy atom. The van der Waals surface area contributed by atoms with Gasteiger partial charge in [-0.15, -0.1) is 0 Å². The van der Waals surface area contributed by atoms with E-state index >= 15 is 0 Å². The summed E-state index contributed by atoms with van der Waals surface area (Å²) >= 11 is 4.28. The van der Waals surface area contributed by atoms with E-state index in [1.807, 2.05) is 0 Å². The Bertz CT molecular complexity index is 1090. The van der Waals surface area contributed by atoms with Gasteiger partial charge in [0.25, 0.3) is 0 Å². The van der Waals surface area contributed by atoms with E-state index in [0.717, 1.165) is 11.8 Å². The first kappa shape index (κ1) is 33.9. The van der Waals surface area contributed by atoms with E-state index in [2.05, 4.69) is 143 Å². The molecule has 0 aliphatic heterocycles. The molecular formula is C32H54S4Sn2. The minimum atomic E-state index is -2.22. The van der Waals surface area contributed by atoms with Crippen molar-refractivity contribution in [3.8, 4) is 0 Å². The van der Waals surface area contributed by atoms with Crippen LogP contribution in [0.15, 0.2) is 21.9 Å². The van der Waals surface area contributed by atoms with Crippen molar-refractivity contribution in [3.05, 3.63) is 12.1 Å². The average Bonchev–Trinajstić information content (AvgIpc) is 3.38. The van der Waals surface area contributed by atoms with E-state index in [9.17, 15) is 0 Å². The summed E-state index contributed by atoms with van der Waals surface area (Å²) in [5, 5.41) is 3.17. The normalized spacial score (nSPS) is 15.5. The van der Waals surface area contributed by atoms with Crippen molar-refractivity contribution in [1.29, 1.82) is 0 Å². The van der Waals surface area contributed by atoms with Gasteiger partial charge in [0.15, 0.2) is 0 Å². The minimum absolute atomic E-state index is 0.349. The summed E-state index contributed by atoms with van der Waals surface area (Å²) in [5.41, 5.74) is 0.698. The van der Waals surface area contributed by atoms with Gasteiger partial charge in [0, 0.05) is 0 Å². The third kappa shape index (κ3) is 7.88. The second-order valence-electron chi connectivity index (χ2n) is 15.4. The first-order valence-electron chi connectivity index (χ1n) is 14.6. The number of hydrogen-bond acceptors (Lipinski definition) is 4. The number of rotatable bonds is 10. The summed E-state index contributed by atoms with van der Waals surface area (Å²) in [6, 6.07) is 5.33. The van der Waals surface area contributed by atoms with Crippen LogP contribution in [0.3, 0.4) is 0 Å². The van der Waals surface area contributed by atoms with Gasteiger partial charge in [0.05, 0.1) is 0 Å². The molecule has 0 aliphatic carbocycles. The Hall–Kier alpha value is 1.44. The van der Waals surface area contributed by atoms with Gasteiger partial charge < -0.3 is 0 Å². The molecule has 38 heavy (non-hydrogen) atoms. The van der Waals surface area contributed by atoms with E-state index in [4.69, 9.17) is 0 Å². The summed E-state index contributed by atoms with van der Waals surface area (Å²) in [6.07, 6.45) is 2.51. The molecule has 3 aromatic rings. The molecule has 0 radical (unpaired) electrons. The van der Waals surface area contributed by atoms with Crippen LogP contribution in [0.4, 0.5) is 0 Å². The molecule has 1 aromatic carbocycles. The first-order chi connectivity index (χ1) is 17.3. The Morgan fingerprint density at radius 1 is 0.632 bits per heavy atom. The fourth-order valence-electron chi connectivity index (χ4n) is 5.06. The van der Waals surface area contributed by atoms with Gasteiger partial charge in [-0.3, -0.25) is 0 Å². The van der Waals surface area contributed by atoms with Gasteiger partial charge >= 0.3 is 263 Å². The van der Waals surface area contributed by atoms with Gasteiger partial charge in [-0.25, -0.2) is 0 Å². The summed E-state index contributed by atoms with van der Waals surface area (Å²) < 4.78 is 6.67.